The second-order valence-corrected chi connectivity index (χ2v) is 9.09. The lowest BCUT2D eigenvalue weighted by Crippen LogP contribution is -2.43. The zero-order valence-corrected chi connectivity index (χ0v) is 16.5. The van der Waals surface area contributed by atoms with E-state index in [1.807, 2.05) is 43.3 Å². The van der Waals surface area contributed by atoms with Gasteiger partial charge < -0.3 is 0 Å². The number of carbonyl (C=O) groups excluding carboxylic acids is 2. The lowest BCUT2D eigenvalue weighted by molar-refractivity contribution is -0.124. The van der Waals surface area contributed by atoms with Crippen molar-refractivity contribution in [1.29, 1.82) is 0 Å². The van der Waals surface area contributed by atoms with Crippen LogP contribution in [0.2, 0.25) is 0 Å². The highest BCUT2D eigenvalue weighted by Gasteiger charge is 2.49. The summed E-state index contributed by atoms with van der Waals surface area (Å²) in [7, 11) is 0. The van der Waals surface area contributed by atoms with Gasteiger partial charge in [-0.05, 0) is 24.3 Å². The molecular formula is C25H23NO2. The zero-order valence-electron chi connectivity index (χ0n) is 16.5. The molecule has 1 aliphatic heterocycles. The number of ketones is 2. The average Bonchev–Trinajstić information content (AvgIpc) is 2.92. The van der Waals surface area contributed by atoms with Crippen molar-refractivity contribution in [2.45, 2.75) is 39.5 Å². The van der Waals surface area contributed by atoms with Gasteiger partial charge in [-0.15, -0.1) is 0 Å². The van der Waals surface area contributed by atoms with Crippen molar-refractivity contribution in [2.75, 3.05) is 0 Å². The average molecular weight is 369 g/mol. The summed E-state index contributed by atoms with van der Waals surface area (Å²) < 4.78 is 0. The molecule has 0 amide bonds. The van der Waals surface area contributed by atoms with Gasteiger partial charge in [0.2, 0.25) is 0 Å². The molecule has 0 aromatic heterocycles. The first-order valence-electron chi connectivity index (χ1n) is 9.91. The maximum absolute atomic E-state index is 13.4. The molecule has 3 heteroatoms. The van der Waals surface area contributed by atoms with Crippen LogP contribution in [0.4, 0.5) is 0 Å². The van der Waals surface area contributed by atoms with E-state index in [1.165, 1.54) is 0 Å². The Kier molecular flexibility index (Phi) is 3.61. The van der Waals surface area contributed by atoms with Crippen LogP contribution < -0.4 is 0 Å². The van der Waals surface area contributed by atoms with E-state index in [-0.39, 0.29) is 28.8 Å². The molecule has 0 N–H and O–H groups in total. The standard InChI is InChI=1S/C25H23NO2/c1-14-7-6-8-15(11-14)20-21-18(12-25(2,3)13-19(21)27)26-23-16-9-4-5-10-17(16)24(28)22(20)23/h4-11,20-21H,12-13H2,1-3H3/t20-,21+/m0/s1. The fourth-order valence-electron chi connectivity index (χ4n) is 5.14. The number of Topliss-reactive ketones (excluding diaryl/α,β-unsaturated/α-hetero) is 2. The van der Waals surface area contributed by atoms with Crippen molar-refractivity contribution >= 4 is 23.0 Å². The molecule has 2 atom stereocenters. The lowest BCUT2D eigenvalue weighted by Gasteiger charge is -2.40. The van der Waals surface area contributed by atoms with Crippen molar-refractivity contribution in [3.63, 3.8) is 0 Å². The summed E-state index contributed by atoms with van der Waals surface area (Å²) in [6.07, 6.45) is 1.32. The van der Waals surface area contributed by atoms with E-state index >= 15 is 0 Å². The number of benzene rings is 2. The SMILES string of the molecule is Cc1cccc([C@@H]2C3=C(N=C4CC(C)(C)CC(=O)[C@@H]42)c2ccccc2C3=O)c1. The van der Waals surface area contributed by atoms with Gasteiger partial charge in [0.25, 0.3) is 0 Å². The molecule has 3 nitrogen and oxygen atoms in total. The topological polar surface area (TPSA) is 46.5 Å². The molecule has 2 aromatic rings. The van der Waals surface area contributed by atoms with Gasteiger partial charge in [-0.3, -0.25) is 14.6 Å². The van der Waals surface area contributed by atoms with E-state index in [2.05, 4.69) is 26.0 Å². The number of fused-ring (bicyclic) bond motifs is 3. The van der Waals surface area contributed by atoms with Crippen LogP contribution in [0.5, 0.6) is 0 Å². The van der Waals surface area contributed by atoms with E-state index in [1.54, 1.807) is 0 Å². The van der Waals surface area contributed by atoms with Gasteiger partial charge in [-0.2, -0.15) is 0 Å². The van der Waals surface area contributed by atoms with Gasteiger partial charge in [0, 0.05) is 34.8 Å². The molecule has 28 heavy (non-hydrogen) atoms. The number of aryl methyl sites for hydroxylation is 1. The smallest absolute Gasteiger partial charge is 0.192 e. The van der Waals surface area contributed by atoms with E-state index in [4.69, 9.17) is 4.99 Å². The summed E-state index contributed by atoms with van der Waals surface area (Å²) in [6.45, 7) is 6.31. The Hall–Kier alpha value is -2.81. The molecular weight excluding hydrogens is 346 g/mol. The zero-order chi connectivity index (χ0) is 19.6. The number of rotatable bonds is 1. The van der Waals surface area contributed by atoms with Crippen molar-refractivity contribution in [1.82, 2.24) is 0 Å². The van der Waals surface area contributed by atoms with Crippen LogP contribution in [0.3, 0.4) is 0 Å². The lowest BCUT2D eigenvalue weighted by atomic mass is 9.63. The van der Waals surface area contributed by atoms with Gasteiger partial charge in [0.15, 0.2) is 5.78 Å². The first-order chi connectivity index (χ1) is 13.4. The number of aliphatic imine (C=N–C) groups is 1. The molecule has 0 spiro atoms. The molecule has 0 radical (unpaired) electrons. The third kappa shape index (κ3) is 2.46. The monoisotopic (exact) mass is 369 g/mol. The van der Waals surface area contributed by atoms with Gasteiger partial charge >= 0.3 is 0 Å². The van der Waals surface area contributed by atoms with Crippen LogP contribution in [-0.2, 0) is 4.79 Å². The highest BCUT2D eigenvalue weighted by atomic mass is 16.1. The normalized spacial score (nSPS) is 25.2. The summed E-state index contributed by atoms with van der Waals surface area (Å²) in [5, 5.41) is 0. The van der Waals surface area contributed by atoms with Gasteiger partial charge in [-0.25, -0.2) is 0 Å². The number of carbonyl (C=O) groups is 2. The predicted molar refractivity (Wildman–Crippen MR) is 111 cm³/mol. The summed E-state index contributed by atoms with van der Waals surface area (Å²) in [4.78, 5) is 31.6. The second-order valence-electron chi connectivity index (χ2n) is 9.09. The summed E-state index contributed by atoms with van der Waals surface area (Å²) in [6, 6.07) is 15.9. The molecule has 140 valence electrons. The molecule has 1 fully saturated rings. The largest absolute Gasteiger partial charge is 0.299 e. The van der Waals surface area contributed by atoms with Crippen LogP contribution in [0.25, 0.3) is 5.70 Å². The maximum Gasteiger partial charge on any atom is 0.192 e. The molecule has 2 aliphatic carbocycles. The Bertz CT molecular complexity index is 1100. The Morgan fingerprint density at radius 2 is 1.68 bits per heavy atom. The minimum Gasteiger partial charge on any atom is -0.299 e. The van der Waals surface area contributed by atoms with Crippen LogP contribution in [0, 0.1) is 18.3 Å². The first kappa shape index (κ1) is 17.3. The molecule has 2 aromatic carbocycles. The van der Waals surface area contributed by atoms with Gasteiger partial charge in [0.05, 0.1) is 11.6 Å². The Morgan fingerprint density at radius 3 is 2.43 bits per heavy atom. The maximum atomic E-state index is 13.4. The summed E-state index contributed by atoms with van der Waals surface area (Å²) in [5.74, 6) is -0.341. The van der Waals surface area contributed by atoms with E-state index in [0.717, 1.165) is 34.5 Å². The Morgan fingerprint density at radius 1 is 0.929 bits per heavy atom. The number of allylic oxidation sites excluding steroid dienone is 1. The molecule has 1 saturated carbocycles. The molecule has 0 unspecified atom stereocenters. The highest BCUT2D eigenvalue weighted by Crippen LogP contribution is 2.51. The van der Waals surface area contributed by atoms with E-state index < -0.39 is 0 Å². The predicted octanol–water partition coefficient (Wildman–Crippen LogP) is 5.15. The Balaban J connectivity index is 1.77. The number of nitrogens with zero attached hydrogens (tertiary/aromatic N) is 1. The van der Waals surface area contributed by atoms with Crippen LogP contribution >= 0.6 is 0 Å². The Labute approximate surface area is 165 Å². The highest BCUT2D eigenvalue weighted by molar-refractivity contribution is 6.25. The quantitative estimate of drug-likeness (QED) is 0.698. The van der Waals surface area contributed by atoms with Crippen molar-refractivity contribution in [2.24, 2.45) is 16.3 Å². The summed E-state index contributed by atoms with van der Waals surface area (Å²) >= 11 is 0. The number of hydrogen-bond acceptors (Lipinski definition) is 3. The van der Waals surface area contributed by atoms with E-state index in [0.29, 0.717) is 17.6 Å². The third-order valence-corrected chi connectivity index (χ3v) is 6.25. The molecule has 1 heterocycles. The van der Waals surface area contributed by atoms with Gasteiger partial charge in [0.1, 0.15) is 5.78 Å². The minimum absolute atomic E-state index is 0.0255. The van der Waals surface area contributed by atoms with Crippen LogP contribution in [0.1, 0.15) is 59.7 Å². The second kappa shape index (κ2) is 5.84. The van der Waals surface area contributed by atoms with Crippen LogP contribution in [0.15, 0.2) is 59.1 Å². The first-order valence-corrected chi connectivity index (χ1v) is 9.91. The van der Waals surface area contributed by atoms with Crippen molar-refractivity contribution < 1.29 is 9.59 Å². The number of hydrogen-bond donors (Lipinski definition) is 0. The molecule has 3 aliphatic rings. The van der Waals surface area contributed by atoms with Crippen molar-refractivity contribution in [3.05, 3.63) is 76.4 Å². The molecule has 5 rings (SSSR count). The fraction of sp³-hybridized carbons (Fsp3) is 0.320. The molecule has 0 bridgehead atoms. The summed E-state index contributed by atoms with van der Waals surface area (Å²) in [5.41, 5.74) is 6.12. The third-order valence-electron chi connectivity index (χ3n) is 6.25. The van der Waals surface area contributed by atoms with E-state index in [9.17, 15) is 9.59 Å². The fourth-order valence-corrected chi connectivity index (χ4v) is 5.14. The van der Waals surface area contributed by atoms with Crippen molar-refractivity contribution in [3.8, 4) is 0 Å². The minimum atomic E-state index is -0.327. The molecule has 0 saturated heterocycles. The van der Waals surface area contributed by atoms with Gasteiger partial charge in [-0.1, -0.05) is 67.9 Å². The van der Waals surface area contributed by atoms with Crippen LogP contribution in [-0.4, -0.2) is 17.3 Å².